The SMILES string of the molecule is Nc1cc(OCC2COc3ccccc32)ccc1C(=O)O. The van der Waals surface area contributed by atoms with Crippen LogP contribution in [0.1, 0.15) is 21.8 Å². The smallest absolute Gasteiger partial charge is 0.337 e. The van der Waals surface area contributed by atoms with Crippen LogP contribution in [0, 0.1) is 0 Å². The summed E-state index contributed by atoms with van der Waals surface area (Å²) in [6.07, 6.45) is 0. The molecule has 0 aromatic heterocycles. The second kappa shape index (κ2) is 5.36. The zero-order valence-corrected chi connectivity index (χ0v) is 11.3. The van der Waals surface area contributed by atoms with Gasteiger partial charge < -0.3 is 20.3 Å². The Morgan fingerprint density at radius 3 is 2.90 bits per heavy atom. The molecule has 21 heavy (non-hydrogen) atoms. The molecule has 1 atom stereocenters. The van der Waals surface area contributed by atoms with Crippen LogP contribution in [-0.4, -0.2) is 24.3 Å². The largest absolute Gasteiger partial charge is 0.493 e. The highest BCUT2D eigenvalue weighted by Gasteiger charge is 2.24. The highest BCUT2D eigenvalue weighted by molar-refractivity contribution is 5.93. The first-order valence-electron chi connectivity index (χ1n) is 6.62. The Labute approximate surface area is 121 Å². The summed E-state index contributed by atoms with van der Waals surface area (Å²) in [5.41, 5.74) is 7.11. The van der Waals surface area contributed by atoms with Crippen molar-refractivity contribution in [3.05, 3.63) is 53.6 Å². The number of carbonyl (C=O) groups is 1. The van der Waals surface area contributed by atoms with Gasteiger partial charge in [0.05, 0.1) is 24.7 Å². The van der Waals surface area contributed by atoms with Gasteiger partial charge in [-0.25, -0.2) is 4.79 Å². The molecule has 0 radical (unpaired) electrons. The molecule has 2 aromatic carbocycles. The fraction of sp³-hybridized carbons (Fsp3) is 0.188. The molecule has 0 spiro atoms. The molecule has 0 saturated carbocycles. The van der Waals surface area contributed by atoms with Crippen LogP contribution in [0.3, 0.4) is 0 Å². The fourth-order valence-corrected chi connectivity index (χ4v) is 2.39. The fourth-order valence-electron chi connectivity index (χ4n) is 2.39. The highest BCUT2D eigenvalue weighted by atomic mass is 16.5. The molecule has 1 aliphatic rings. The summed E-state index contributed by atoms with van der Waals surface area (Å²) in [6, 6.07) is 12.5. The number of nitrogens with two attached hydrogens (primary N) is 1. The molecule has 2 aromatic rings. The van der Waals surface area contributed by atoms with Crippen LogP contribution in [0.15, 0.2) is 42.5 Å². The molecule has 0 amide bonds. The van der Waals surface area contributed by atoms with Crippen molar-refractivity contribution in [2.45, 2.75) is 5.92 Å². The number of hydrogen-bond acceptors (Lipinski definition) is 4. The van der Waals surface area contributed by atoms with E-state index in [0.717, 1.165) is 11.3 Å². The first kappa shape index (κ1) is 13.3. The van der Waals surface area contributed by atoms with Gasteiger partial charge in [0, 0.05) is 17.3 Å². The molecule has 5 heteroatoms. The first-order valence-corrected chi connectivity index (χ1v) is 6.62. The van der Waals surface area contributed by atoms with Crippen LogP contribution < -0.4 is 15.2 Å². The molecule has 1 heterocycles. The van der Waals surface area contributed by atoms with Crippen LogP contribution in [0.2, 0.25) is 0 Å². The van der Waals surface area contributed by atoms with Crippen LogP contribution in [0.5, 0.6) is 11.5 Å². The van der Waals surface area contributed by atoms with Gasteiger partial charge in [0.1, 0.15) is 11.5 Å². The van der Waals surface area contributed by atoms with Gasteiger partial charge in [-0.2, -0.15) is 0 Å². The molecule has 1 unspecified atom stereocenters. The van der Waals surface area contributed by atoms with Crippen molar-refractivity contribution >= 4 is 11.7 Å². The van der Waals surface area contributed by atoms with E-state index in [1.807, 2.05) is 24.3 Å². The summed E-state index contributed by atoms with van der Waals surface area (Å²) < 4.78 is 11.3. The summed E-state index contributed by atoms with van der Waals surface area (Å²) in [5.74, 6) is 0.576. The Morgan fingerprint density at radius 1 is 1.33 bits per heavy atom. The minimum Gasteiger partial charge on any atom is -0.493 e. The lowest BCUT2D eigenvalue weighted by molar-refractivity contribution is 0.0698. The number of fused-ring (bicyclic) bond motifs is 1. The third-order valence-electron chi connectivity index (χ3n) is 3.50. The Kier molecular flexibility index (Phi) is 3.39. The average Bonchev–Trinajstić information content (AvgIpc) is 2.88. The van der Waals surface area contributed by atoms with E-state index in [4.69, 9.17) is 20.3 Å². The van der Waals surface area contributed by atoms with Gasteiger partial charge in [-0.05, 0) is 18.2 Å². The minimum absolute atomic E-state index is 0.0805. The Hall–Kier alpha value is -2.69. The van der Waals surface area contributed by atoms with Crippen molar-refractivity contribution in [1.82, 2.24) is 0 Å². The molecule has 0 saturated heterocycles. The van der Waals surface area contributed by atoms with Crippen molar-refractivity contribution < 1.29 is 19.4 Å². The predicted octanol–water partition coefficient (Wildman–Crippen LogP) is 2.52. The Balaban J connectivity index is 1.69. The summed E-state index contributed by atoms with van der Waals surface area (Å²) in [5, 5.41) is 8.93. The normalized spacial score (nSPS) is 16.1. The van der Waals surface area contributed by atoms with E-state index >= 15 is 0 Å². The van der Waals surface area contributed by atoms with Crippen molar-refractivity contribution in [3.8, 4) is 11.5 Å². The first-order chi connectivity index (χ1) is 10.1. The Morgan fingerprint density at radius 2 is 2.14 bits per heavy atom. The lowest BCUT2D eigenvalue weighted by atomic mass is 10.0. The van der Waals surface area contributed by atoms with Crippen molar-refractivity contribution in [2.75, 3.05) is 18.9 Å². The molecule has 0 fully saturated rings. The van der Waals surface area contributed by atoms with Crippen LogP contribution in [0.25, 0.3) is 0 Å². The van der Waals surface area contributed by atoms with E-state index in [1.54, 1.807) is 6.07 Å². The van der Waals surface area contributed by atoms with Crippen LogP contribution in [-0.2, 0) is 0 Å². The van der Waals surface area contributed by atoms with Gasteiger partial charge in [0.15, 0.2) is 0 Å². The van der Waals surface area contributed by atoms with Crippen molar-refractivity contribution in [3.63, 3.8) is 0 Å². The molecule has 0 aliphatic carbocycles. The second-order valence-electron chi connectivity index (χ2n) is 4.91. The number of ether oxygens (including phenoxy) is 2. The summed E-state index contributed by atoms with van der Waals surface area (Å²) in [7, 11) is 0. The van der Waals surface area contributed by atoms with Crippen molar-refractivity contribution in [1.29, 1.82) is 0 Å². The minimum atomic E-state index is -1.04. The number of rotatable bonds is 4. The van der Waals surface area contributed by atoms with Crippen LogP contribution in [0.4, 0.5) is 5.69 Å². The van der Waals surface area contributed by atoms with Gasteiger partial charge in [-0.3, -0.25) is 0 Å². The van der Waals surface area contributed by atoms with Gasteiger partial charge in [-0.15, -0.1) is 0 Å². The van der Waals surface area contributed by atoms with E-state index in [-0.39, 0.29) is 17.2 Å². The lowest BCUT2D eigenvalue weighted by Crippen LogP contribution is -2.12. The maximum absolute atomic E-state index is 10.9. The molecule has 0 bridgehead atoms. The number of anilines is 1. The number of carboxylic acids is 1. The molecule has 108 valence electrons. The quantitative estimate of drug-likeness (QED) is 0.843. The van der Waals surface area contributed by atoms with Crippen LogP contribution >= 0.6 is 0 Å². The van der Waals surface area contributed by atoms with E-state index in [1.165, 1.54) is 12.1 Å². The maximum atomic E-state index is 10.9. The van der Waals surface area contributed by atoms with E-state index in [9.17, 15) is 4.79 Å². The number of nitrogen functional groups attached to an aromatic ring is 1. The monoisotopic (exact) mass is 285 g/mol. The number of aromatic carboxylic acids is 1. The Bertz CT molecular complexity index is 684. The molecule has 3 N–H and O–H groups in total. The molecular weight excluding hydrogens is 270 g/mol. The standard InChI is InChI=1S/C16H15NO4/c17-14-7-11(5-6-13(14)16(18)19)20-8-10-9-21-15-4-2-1-3-12(10)15/h1-7,10H,8-9,17H2,(H,18,19). The van der Waals surface area contributed by atoms with Gasteiger partial charge in [0.2, 0.25) is 0 Å². The third kappa shape index (κ3) is 2.63. The predicted molar refractivity (Wildman–Crippen MR) is 78.0 cm³/mol. The number of para-hydroxylation sites is 1. The molecule has 5 nitrogen and oxygen atoms in total. The summed E-state index contributed by atoms with van der Waals surface area (Å²) in [6.45, 7) is 1.05. The van der Waals surface area contributed by atoms with Gasteiger partial charge in [-0.1, -0.05) is 18.2 Å². The zero-order chi connectivity index (χ0) is 14.8. The second-order valence-corrected chi connectivity index (χ2v) is 4.91. The van der Waals surface area contributed by atoms with E-state index in [0.29, 0.717) is 19.0 Å². The lowest BCUT2D eigenvalue weighted by Gasteiger charge is -2.12. The van der Waals surface area contributed by atoms with Crippen molar-refractivity contribution in [2.24, 2.45) is 0 Å². The van der Waals surface area contributed by atoms with E-state index < -0.39 is 5.97 Å². The molecule has 1 aliphatic heterocycles. The molecular formula is C16H15NO4. The number of benzene rings is 2. The number of hydrogen-bond donors (Lipinski definition) is 2. The number of carboxylic acid groups (broad SMARTS) is 1. The maximum Gasteiger partial charge on any atom is 0.337 e. The average molecular weight is 285 g/mol. The topological polar surface area (TPSA) is 81.8 Å². The summed E-state index contributed by atoms with van der Waals surface area (Å²) >= 11 is 0. The third-order valence-corrected chi connectivity index (χ3v) is 3.50. The highest BCUT2D eigenvalue weighted by Crippen LogP contribution is 2.34. The summed E-state index contributed by atoms with van der Waals surface area (Å²) in [4.78, 5) is 10.9. The zero-order valence-electron chi connectivity index (χ0n) is 11.3. The van der Waals surface area contributed by atoms with E-state index in [2.05, 4.69) is 0 Å². The van der Waals surface area contributed by atoms with Gasteiger partial charge >= 0.3 is 5.97 Å². The van der Waals surface area contributed by atoms with Gasteiger partial charge in [0.25, 0.3) is 0 Å². The molecule has 3 rings (SSSR count).